The lowest BCUT2D eigenvalue weighted by Gasteiger charge is -2.40. The van der Waals surface area contributed by atoms with Crippen molar-refractivity contribution >= 4 is 0 Å². The van der Waals surface area contributed by atoms with Crippen LogP contribution in [0.1, 0.15) is 47.0 Å². The van der Waals surface area contributed by atoms with Crippen LogP contribution >= 0.6 is 0 Å². The molecule has 1 N–H and O–H groups in total. The average Bonchev–Trinajstić information content (AvgIpc) is 2.18. The third-order valence-electron chi connectivity index (χ3n) is 3.64. The number of rotatable bonds is 5. The van der Waals surface area contributed by atoms with Crippen molar-refractivity contribution < 1.29 is 0 Å². The van der Waals surface area contributed by atoms with Gasteiger partial charge in [-0.2, -0.15) is 0 Å². The van der Waals surface area contributed by atoms with Crippen molar-refractivity contribution in [3.8, 4) is 0 Å². The topological polar surface area (TPSA) is 15.3 Å². The third-order valence-corrected chi connectivity index (χ3v) is 3.64. The van der Waals surface area contributed by atoms with E-state index in [9.17, 15) is 0 Å². The van der Waals surface area contributed by atoms with Crippen molar-refractivity contribution in [3.05, 3.63) is 0 Å². The first-order chi connectivity index (χ1) is 7.05. The molecule has 1 atom stereocenters. The maximum absolute atomic E-state index is 3.51. The second-order valence-electron chi connectivity index (χ2n) is 5.75. The third kappa shape index (κ3) is 4.52. The fourth-order valence-corrected chi connectivity index (χ4v) is 2.19. The molecule has 1 heterocycles. The molecule has 0 saturated carbocycles. The quantitative estimate of drug-likeness (QED) is 0.704. The molecular formula is C13H28N2. The van der Waals surface area contributed by atoms with E-state index in [4.69, 9.17) is 0 Å². The highest BCUT2D eigenvalue weighted by Crippen LogP contribution is 2.30. The number of likely N-dealkylation sites (tertiary alicyclic amines) is 1. The lowest BCUT2D eigenvalue weighted by Crippen LogP contribution is -2.46. The minimum absolute atomic E-state index is 0.576. The Morgan fingerprint density at radius 1 is 1.27 bits per heavy atom. The van der Waals surface area contributed by atoms with Crippen LogP contribution in [0.3, 0.4) is 0 Å². The Hall–Kier alpha value is -0.0800. The second kappa shape index (κ2) is 5.86. The summed E-state index contributed by atoms with van der Waals surface area (Å²) in [5.41, 5.74) is 0.576. The van der Waals surface area contributed by atoms with Gasteiger partial charge >= 0.3 is 0 Å². The molecule has 1 aliphatic heterocycles. The standard InChI is InChI=1S/C13H28N2/c1-5-8-14-11-12(2)15-9-6-13(3,4)7-10-15/h12,14H,5-11H2,1-4H3. The summed E-state index contributed by atoms with van der Waals surface area (Å²) >= 11 is 0. The van der Waals surface area contributed by atoms with Gasteiger partial charge in [-0.3, -0.25) is 4.90 Å². The number of hydrogen-bond donors (Lipinski definition) is 1. The molecule has 90 valence electrons. The number of nitrogens with one attached hydrogen (secondary N) is 1. The van der Waals surface area contributed by atoms with Crippen LogP contribution in [0.5, 0.6) is 0 Å². The summed E-state index contributed by atoms with van der Waals surface area (Å²) < 4.78 is 0. The first-order valence-electron chi connectivity index (χ1n) is 6.50. The average molecular weight is 212 g/mol. The molecule has 0 aliphatic carbocycles. The normalized spacial score (nSPS) is 24.0. The molecule has 0 spiro atoms. The number of nitrogens with zero attached hydrogens (tertiary/aromatic N) is 1. The van der Waals surface area contributed by atoms with Crippen LogP contribution in [0, 0.1) is 5.41 Å². The van der Waals surface area contributed by atoms with Crippen LogP contribution in [0.15, 0.2) is 0 Å². The van der Waals surface area contributed by atoms with E-state index in [2.05, 4.69) is 37.9 Å². The fourth-order valence-electron chi connectivity index (χ4n) is 2.19. The van der Waals surface area contributed by atoms with Crippen molar-refractivity contribution in [1.29, 1.82) is 0 Å². The zero-order valence-electron chi connectivity index (χ0n) is 11.0. The van der Waals surface area contributed by atoms with Crippen molar-refractivity contribution in [3.63, 3.8) is 0 Å². The summed E-state index contributed by atoms with van der Waals surface area (Å²) in [5.74, 6) is 0. The van der Waals surface area contributed by atoms with Gasteiger partial charge in [-0.05, 0) is 51.2 Å². The fraction of sp³-hybridized carbons (Fsp3) is 1.00. The van der Waals surface area contributed by atoms with E-state index in [1.165, 1.54) is 32.4 Å². The molecule has 1 rings (SSSR count). The van der Waals surface area contributed by atoms with Crippen molar-refractivity contribution in [1.82, 2.24) is 10.2 Å². The summed E-state index contributed by atoms with van der Waals surface area (Å²) in [4.78, 5) is 2.63. The maximum Gasteiger partial charge on any atom is 0.0192 e. The molecule has 1 unspecified atom stereocenters. The molecule has 0 aromatic heterocycles. The second-order valence-corrected chi connectivity index (χ2v) is 5.75. The van der Waals surface area contributed by atoms with Gasteiger partial charge in [0.25, 0.3) is 0 Å². The van der Waals surface area contributed by atoms with E-state index in [-0.39, 0.29) is 0 Å². The Bertz CT molecular complexity index is 167. The molecule has 0 aromatic rings. The van der Waals surface area contributed by atoms with Crippen LogP contribution < -0.4 is 5.32 Å². The van der Waals surface area contributed by atoms with Crippen molar-refractivity contribution in [2.75, 3.05) is 26.2 Å². The monoisotopic (exact) mass is 212 g/mol. The van der Waals surface area contributed by atoms with Gasteiger partial charge in [0, 0.05) is 12.6 Å². The summed E-state index contributed by atoms with van der Waals surface area (Å²) in [6, 6.07) is 0.702. The smallest absolute Gasteiger partial charge is 0.0192 e. The predicted molar refractivity (Wildman–Crippen MR) is 67.2 cm³/mol. The van der Waals surface area contributed by atoms with Gasteiger partial charge < -0.3 is 5.32 Å². The Labute approximate surface area is 95.4 Å². The predicted octanol–water partition coefficient (Wildman–Crippen LogP) is 2.50. The van der Waals surface area contributed by atoms with Crippen molar-refractivity contribution in [2.45, 2.75) is 53.0 Å². The van der Waals surface area contributed by atoms with E-state index < -0.39 is 0 Å². The Morgan fingerprint density at radius 3 is 2.40 bits per heavy atom. The number of piperidine rings is 1. The molecule has 0 bridgehead atoms. The van der Waals surface area contributed by atoms with E-state index in [1.54, 1.807) is 0 Å². The zero-order valence-corrected chi connectivity index (χ0v) is 11.0. The van der Waals surface area contributed by atoms with Gasteiger partial charge in [-0.15, -0.1) is 0 Å². The molecule has 15 heavy (non-hydrogen) atoms. The molecule has 1 saturated heterocycles. The molecule has 0 radical (unpaired) electrons. The highest BCUT2D eigenvalue weighted by molar-refractivity contribution is 4.81. The molecule has 1 fully saturated rings. The summed E-state index contributed by atoms with van der Waals surface area (Å²) in [5, 5.41) is 3.51. The summed E-state index contributed by atoms with van der Waals surface area (Å²) in [6.07, 6.45) is 3.94. The molecule has 2 nitrogen and oxygen atoms in total. The maximum atomic E-state index is 3.51. The summed E-state index contributed by atoms with van der Waals surface area (Å²) in [7, 11) is 0. The van der Waals surface area contributed by atoms with Gasteiger partial charge in [-0.1, -0.05) is 20.8 Å². The van der Waals surface area contributed by atoms with E-state index >= 15 is 0 Å². The highest BCUT2D eigenvalue weighted by atomic mass is 15.2. The molecule has 2 heteroatoms. The van der Waals surface area contributed by atoms with Crippen LogP contribution in [0.4, 0.5) is 0 Å². The zero-order chi connectivity index (χ0) is 11.3. The van der Waals surface area contributed by atoms with Gasteiger partial charge in [0.1, 0.15) is 0 Å². The van der Waals surface area contributed by atoms with E-state index in [1.807, 2.05) is 0 Å². The molecule has 0 amide bonds. The van der Waals surface area contributed by atoms with Gasteiger partial charge in [0.05, 0.1) is 0 Å². The van der Waals surface area contributed by atoms with E-state index in [0.29, 0.717) is 11.5 Å². The minimum Gasteiger partial charge on any atom is -0.315 e. The highest BCUT2D eigenvalue weighted by Gasteiger charge is 2.27. The first-order valence-corrected chi connectivity index (χ1v) is 6.50. The SMILES string of the molecule is CCCNCC(C)N1CCC(C)(C)CC1. The molecular weight excluding hydrogens is 184 g/mol. The van der Waals surface area contributed by atoms with Crippen molar-refractivity contribution in [2.24, 2.45) is 5.41 Å². The van der Waals surface area contributed by atoms with Crippen LogP contribution in [0.2, 0.25) is 0 Å². The van der Waals surface area contributed by atoms with Gasteiger partial charge in [0.2, 0.25) is 0 Å². The van der Waals surface area contributed by atoms with Crippen LogP contribution in [-0.2, 0) is 0 Å². The largest absolute Gasteiger partial charge is 0.315 e. The lowest BCUT2D eigenvalue weighted by molar-refractivity contribution is 0.0999. The van der Waals surface area contributed by atoms with Gasteiger partial charge in [0.15, 0.2) is 0 Å². The number of hydrogen-bond acceptors (Lipinski definition) is 2. The van der Waals surface area contributed by atoms with Crippen LogP contribution in [0.25, 0.3) is 0 Å². The minimum atomic E-state index is 0.576. The van der Waals surface area contributed by atoms with Gasteiger partial charge in [-0.25, -0.2) is 0 Å². The Morgan fingerprint density at radius 2 is 1.87 bits per heavy atom. The Kier molecular flexibility index (Phi) is 5.07. The molecule has 1 aliphatic rings. The van der Waals surface area contributed by atoms with E-state index in [0.717, 1.165) is 13.1 Å². The lowest BCUT2D eigenvalue weighted by atomic mass is 9.82. The molecule has 0 aromatic carbocycles. The van der Waals surface area contributed by atoms with Crippen LogP contribution in [-0.4, -0.2) is 37.1 Å². The Balaban J connectivity index is 2.21. The summed E-state index contributed by atoms with van der Waals surface area (Å²) in [6.45, 7) is 14.2. The first kappa shape index (κ1) is 13.0.